The summed E-state index contributed by atoms with van der Waals surface area (Å²) in [5.41, 5.74) is 2.79. The number of hydrogen-bond acceptors (Lipinski definition) is 1. The van der Waals surface area contributed by atoms with Crippen molar-refractivity contribution in [2.75, 3.05) is 0 Å². The third-order valence-corrected chi connectivity index (χ3v) is 10.7. The summed E-state index contributed by atoms with van der Waals surface area (Å²) >= 11 is 0. The molecule has 3 saturated carbocycles. The molecule has 0 aromatic carbocycles. The van der Waals surface area contributed by atoms with Crippen LogP contribution in [0.25, 0.3) is 0 Å². The van der Waals surface area contributed by atoms with Gasteiger partial charge in [-0.15, -0.1) is 0 Å². The molecule has 30 heavy (non-hydrogen) atoms. The summed E-state index contributed by atoms with van der Waals surface area (Å²) < 4.78 is 0. The Bertz CT molecular complexity index is 674. The second-order valence-electron chi connectivity index (χ2n) is 12.5. The van der Waals surface area contributed by atoms with Gasteiger partial charge in [-0.05, 0) is 110 Å². The second-order valence-corrected chi connectivity index (χ2v) is 12.5. The van der Waals surface area contributed by atoms with Crippen LogP contribution in [0.2, 0.25) is 0 Å². The average Bonchev–Trinajstić information content (AvgIpc) is 3.06. The van der Waals surface area contributed by atoms with Crippen LogP contribution in [0.5, 0.6) is 0 Å². The third kappa shape index (κ3) is 3.66. The van der Waals surface area contributed by atoms with Gasteiger partial charge in [0.05, 0.1) is 6.10 Å². The molecule has 1 nitrogen and oxygen atoms in total. The molecule has 0 heterocycles. The van der Waals surface area contributed by atoms with E-state index in [9.17, 15) is 5.11 Å². The van der Waals surface area contributed by atoms with E-state index in [0.29, 0.717) is 22.7 Å². The van der Waals surface area contributed by atoms with Crippen molar-refractivity contribution < 1.29 is 5.11 Å². The Hall–Kier alpha value is -0.560. The summed E-state index contributed by atoms with van der Waals surface area (Å²) in [5.74, 6) is 5.32. The largest absolute Gasteiger partial charge is 0.393 e. The Morgan fingerprint density at radius 2 is 1.70 bits per heavy atom. The first-order valence-electron chi connectivity index (χ1n) is 13.3. The summed E-state index contributed by atoms with van der Waals surface area (Å²) in [6.07, 6.45) is 19.2. The van der Waals surface area contributed by atoms with Crippen molar-refractivity contribution in [3.8, 4) is 0 Å². The first-order chi connectivity index (χ1) is 14.2. The molecule has 1 N–H and O–H groups in total. The van der Waals surface area contributed by atoms with Crippen LogP contribution >= 0.6 is 0 Å². The predicted molar refractivity (Wildman–Crippen MR) is 128 cm³/mol. The van der Waals surface area contributed by atoms with Gasteiger partial charge in [0.2, 0.25) is 0 Å². The molecule has 0 spiro atoms. The van der Waals surface area contributed by atoms with Crippen LogP contribution in [0.3, 0.4) is 0 Å². The van der Waals surface area contributed by atoms with Crippen LogP contribution in [-0.2, 0) is 0 Å². The number of aliphatic hydroxyl groups is 1. The van der Waals surface area contributed by atoms with Gasteiger partial charge >= 0.3 is 0 Å². The van der Waals surface area contributed by atoms with Crippen molar-refractivity contribution in [1.82, 2.24) is 0 Å². The molecule has 0 amide bonds. The lowest BCUT2D eigenvalue weighted by atomic mass is 9.47. The highest BCUT2D eigenvalue weighted by molar-refractivity contribution is 5.28. The molecule has 4 aliphatic rings. The van der Waals surface area contributed by atoms with Crippen LogP contribution < -0.4 is 0 Å². The summed E-state index contributed by atoms with van der Waals surface area (Å²) in [6, 6.07) is 0. The zero-order chi connectivity index (χ0) is 21.7. The lowest BCUT2D eigenvalue weighted by molar-refractivity contribution is -0.0414. The van der Waals surface area contributed by atoms with Crippen molar-refractivity contribution in [2.45, 2.75) is 105 Å². The minimum atomic E-state index is -0.0480. The smallest absolute Gasteiger partial charge is 0.0543 e. The first kappa shape index (κ1) is 22.6. The van der Waals surface area contributed by atoms with Gasteiger partial charge in [0.25, 0.3) is 0 Å². The Balaban J connectivity index is 1.53. The molecule has 0 bridgehead atoms. The van der Waals surface area contributed by atoms with E-state index in [2.05, 4.69) is 59.8 Å². The van der Waals surface area contributed by atoms with Crippen LogP contribution in [0.15, 0.2) is 23.8 Å². The van der Waals surface area contributed by atoms with E-state index < -0.39 is 0 Å². The minimum absolute atomic E-state index is 0.0480. The molecule has 0 aromatic heterocycles. The molecule has 0 saturated heterocycles. The molecule has 0 radical (unpaired) electrons. The van der Waals surface area contributed by atoms with Gasteiger partial charge in [0.15, 0.2) is 0 Å². The molecule has 9 atom stereocenters. The van der Waals surface area contributed by atoms with Crippen LogP contribution in [0, 0.1) is 52.3 Å². The molecule has 0 aromatic rings. The van der Waals surface area contributed by atoms with Gasteiger partial charge in [-0.25, -0.2) is 0 Å². The number of fused-ring (bicyclic) bond motifs is 5. The Morgan fingerprint density at radius 3 is 2.40 bits per heavy atom. The van der Waals surface area contributed by atoms with Gasteiger partial charge < -0.3 is 5.11 Å². The zero-order valence-electron chi connectivity index (χ0n) is 20.7. The van der Waals surface area contributed by atoms with Gasteiger partial charge in [0, 0.05) is 0 Å². The van der Waals surface area contributed by atoms with Crippen molar-refractivity contribution in [3.63, 3.8) is 0 Å². The van der Waals surface area contributed by atoms with E-state index in [0.717, 1.165) is 42.4 Å². The number of hydrogen-bond donors (Lipinski definition) is 1. The summed E-state index contributed by atoms with van der Waals surface area (Å²) in [6.45, 7) is 14.8. The van der Waals surface area contributed by atoms with Crippen LogP contribution in [0.4, 0.5) is 0 Å². The highest BCUT2D eigenvalue weighted by atomic mass is 16.3. The van der Waals surface area contributed by atoms with Gasteiger partial charge in [-0.1, -0.05) is 65.3 Å². The van der Waals surface area contributed by atoms with E-state index in [1.54, 1.807) is 0 Å². The van der Waals surface area contributed by atoms with Crippen molar-refractivity contribution in [1.29, 1.82) is 0 Å². The van der Waals surface area contributed by atoms with Gasteiger partial charge in [-0.2, -0.15) is 0 Å². The SMILES string of the molecule is CC[C@@H](/C=C/[C@@H](C)[C@H]1CC[C@H]2C3=CC[C@@H]4C[C@@H](O)CC[C@]4(C)[C@H]3CC[C@]12C)C(C)C. The summed E-state index contributed by atoms with van der Waals surface area (Å²) in [4.78, 5) is 0. The fraction of sp³-hybridized carbons (Fsp3) is 0.862. The van der Waals surface area contributed by atoms with Crippen LogP contribution in [0.1, 0.15) is 99.3 Å². The fourth-order valence-corrected chi connectivity index (χ4v) is 8.68. The van der Waals surface area contributed by atoms with Crippen molar-refractivity contribution in [3.05, 3.63) is 23.8 Å². The highest BCUT2D eigenvalue weighted by Crippen LogP contribution is 2.66. The Kier molecular flexibility index (Phi) is 6.35. The molecule has 0 unspecified atom stereocenters. The molecule has 170 valence electrons. The van der Waals surface area contributed by atoms with E-state index in [-0.39, 0.29) is 6.10 Å². The lowest BCUT2D eigenvalue weighted by Gasteiger charge is -2.57. The first-order valence-corrected chi connectivity index (χ1v) is 13.3. The molecule has 4 rings (SSSR count). The third-order valence-electron chi connectivity index (χ3n) is 10.7. The van der Waals surface area contributed by atoms with Gasteiger partial charge in [-0.3, -0.25) is 0 Å². The molecule has 1 heteroatoms. The quantitative estimate of drug-likeness (QED) is 0.457. The summed E-state index contributed by atoms with van der Waals surface area (Å²) in [5, 5.41) is 10.3. The average molecular weight is 413 g/mol. The minimum Gasteiger partial charge on any atom is -0.393 e. The van der Waals surface area contributed by atoms with Gasteiger partial charge in [0.1, 0.15) is 0 Å². The second kappa shape index (κ2) is 8.42. The molecular formula is C29H48O. The fourth-order valence-electron chi connectivity index (χ4n) is 8.68. The topological polar surface area (TPSA) is 20.2 Å². The molecule has 4 aliphatic carbocycles. The molecule has 3 fully saturated rings. The lowest BCUT2D eigenvalue weighted by Crippen LogP contribution is -2.49. The zero-order valence-corrected chi connectivity index (χ0v) is 20.7. The predicted octanol–water partition coefficient (Wildman–Crippen LogP) is 7.80. The number of aliphatic hydroxyl groups excluding tert-OH is 1. The van der Waals surface area contributed by atoms with Crippen molar-refractivity contribution in [2.24, 2.45) is 52.3 Å². The normalized spacial score (nSPS) is 45.6. The standard InChI is InChI=1S/C29H48O/c1-7-21(19(2)3)9-8-20(4)25-12-13-26-24-11-10-22-18-23(30)14-16-28(22,5)27(24)15-17-29(25,26)6/h8-9,11,19-23,25-27,30H,7,10,12-18H2,1-6H3/b9-8+/t20-,21+,22-,23+,25-,26+,27+,28+,29-/m1/s1. The maximum absolute atomic E-state index is 10.3. The number of allylic oxidation sites excluding steroid dienone is 4. The molecular weight excluding hydrogens is 364 g/mol. The monoisotopic (exact) mass is 412 g/mol. The Morgan fingerprint density at radius 1 is 1.00 bits per heavy atom. The van der Waals surface area contributed by atoms with Crippen LogP contribution in [-0.4, -0.2) is 11.2 Å². The van der Waals surface area contributed by atoms with E-state index in [1.165, 1.54) is 44.9 Å². The van der Waals surface area contributed by atoms with E-state index >= 15 is 0 Å². The van der Waals surface area contributed by atoms with E-state index in [1.807, 2.05) is 5.57 Å². The maximum atomic E-state index is 10.3. The molecule has 0 aliphatic heterocycles. The maximum Gasteiger partial charge on any atom is 0.0543 e. The van der Waals surface area contributed by atoms with E-state index in [4.69, 9.17) is 0 Å². The highest BCUT2D eigenvalue weighted by Gasteiger charge is 2.57. The Labute approximate surface area is 186 Å². The summed E-state index contributed by atoms with van der Waals surface area (Å²) in [7, 11) is 0. The van der Waals surface area contributed by atoms with Crippen molar-refractivity contribution >= 4 is 0 Å². The number of rotatable bonds is 5.